The van der Waals surface area contributed by atoms with Gasteiger partial charge in [0.25, 0.3) is 5.56 Å². The fraction of sp³-hybridized carbons (Fsp3) is 0.211. The highest BCUT2D eigenvalue weighted by Gasteiger charge is 2.27. The van der Waals surface area contributed by atoms with Gasteiger partial charge in [0.15, 0.2) is 5.82 Å². The van der Waals surface area contributed by atoms with Gasteiger partial charge in [-0.05, 0) is 5.56 Å². The van der Waals surface area contributed by atoms with E-state index in [1.807, 2.05) is 0 Å². The Morgan fingerprint density at radius 3 is 2.55 bits per heavy atom. The third-order valence-corrected chi connectivity index (χ3v) is 4.70. The van der Waals surface area contributed by atoms with Gasteiger partial charge in [0.1, 0.15) is 34.6 Å². The highest BCUT2D eigenvalue weighted by atomic mass is 35.5. The van der Waals surface area contributed by atoms with Crippen molar-refractivity contribution in [2.45, 2.75) is 19.8 Å². The first-order valence-electron chi connectivity index (χ1n) is 8.65. The van der Waals surface area contributed by atoms with Crippen LogP contribution >= 0.6 is 23.2 Å². The summed E-state index contributed by atoms with van der Waals surface area (Å²) in [6, 6.07) is 9.45. The average Bonchev–Trinajstić information content (AvgIpc) is 2.98. The van der Waals surface area contributed by atoms with E-state index in [-0.39, 0.29) is 12.3 Å². The minimum atomic E-state index is -3.22. The number of ether oxygens (including phenoxy) is 2. The number of benzene rings is 1. The SMILES string of the molecule is Cn1nc(-c2c(F)cc(Cl)c(=O)n2CC(=O)OCc2ccccc2)c(Cl)c1OC(F)F. The number of nitrogens with zero attached hydrogens (tertiary/aromatic N) is 3. The van der Waals surface area contributed by atoms with Gasteiger partial charge in [-0.25, -0.2) is 9.07 Å². The van der Waals surface area contributed by atoms with E-state index < -0.39 is 52.1 Å². The second-order valence-electron chi connectivity index (χ2n) is 6.20. The van der Waals surface area contributed by atoms with E-state index in [0.717, 1.165) is 4.68 Å². The smallest absolute Gasteiger partial charge is 0.388 e. The van der Waals surface area contributed by atoms with Crippen LogP contribution in [0.2, 0.25) is 10.0 Å². The largest absolute Gasteiger partial charge is 0.459 e. The summed E-state index contributed by atoms with van der Waals surface area (Å²) in [7, 11) is 1.23. The molecule has 0 aliphatic heterocycles. The number of hydrogen-bond donors (Lipinski definition) is 0. The van der Waals surface area contributed by atoms with Gasteiger partial charge in [-0.3, -0.25) is 14.2 Å². The third-order valence-electron chi connectivity index (χ3n) is 4.09. The number of aryl methyl sites for hydroxylation is 1. The zero-order chi connectivity index (χ0) is 22.7. The fourth-order valence-electron chi connectivity index (χ4n) is 2.75. The fourth-order valence-corrected chi connectivity index (χ4v) is 3.24. The van der Waals surface area contributed by atoms with E-state index in [1.165, 1.54) is 7.05 Å². The van der Waals surface area contributed by atoms with Crippen LogP contribution < -0.4 is 10.3 Å². The van der Waals surface area contributed by atoms with Gasteiger partial charge in [0.2, 0.25) is 5.88 Å². The first-order chi connectivity index (χ1) is 14.7. The molecule has 12 heteroatoms. The molecule has 0 atom stereocenters. The second-order valence-corrected chi connectivity index (χ2v) is 6.98. The number of esters is 1. The lowest BCUT2D eigenvalue weighted by Crippen LogP contribution is -2.28. The number of hydrogen-bond acceptors (Lipinski definition) is 5. The summed E-state index contributed by atoms with van der Waals surface area (Å²) >= 11 is 11.8. The normalized spacial score (nSPS) is 11.1. The molecule has 0 spiro atoms. The molecule has 3 aromatic rings. The highest BCUT2D eigenvalue weighted by Crippen LogP contribution is 2.36. The summed E-state index contributed by atoms with van der Waals surface area (Å²) < 4.78 is 51.0. The Hall–Kier alpha value is -2.98. The van der Waals surface area contributed by atoms with Gasteiger partial charge in [0.05, 0.1) is 0 Å². The molecule has 1 aromatic carbocycles. The Bertz CT molecular complexity index is 1170. The van der Waals surface area contributed by atoms with Crippen molar-refractivity contribution in [2.24, 2.45) is 7.05 Å². The van der Waals surface area contributed by atoms with Crippen molar-refractivity contribution in [1.82, 2.24) is 14.3 Å². The van der Waals surface area contributed by atoms with Gasteiger partial charge in [-0.2, -0.15) is 13.9 Å². The Labute approximate surface area is 183 Å². The van der Waals surface area contributed by atoms with Crippen molar-refractivity contribution in [1.29, 1.82) is 0 Å². The summed E-state index contributed by atoms with van der Waals surface area (Å²) in [5.74, 6) is -2.47. The van der Waals surface area contributed by atoms with Crippen LogP contribution in [0, 0.1) is 5.82 Å². The van der Waals surface area contributed by atoms with E-state index in [9.17, 15) is 22.8 Å². The molecule has 0 aliphatic rings. The average molecular weight is 476 g/mol. The number of carbonyl (C=O) groups is 1. The molecule has 2 heterocycles. The van der Waals surface area contributed by atoms with Gasteiger partial charge in [-0.1, -0.05) is 53.5 Å². The third kappa shape index (κ3) is 5.02. The number of pyridine rings is 1. The maximum atomic E-state index is 14.8. The van der Waals surface area contributed by atoms with Gasteiger partial charge in [-0.15, -0.1) is 0 Å². The molecule has 7 nitrogen and oxygen atoms in total. The molecule has 0 bridgehead atoms. The lowest BCUT2D eigenvalue weighted by molar-refractivity contribution is -0.145. The molecule has 2 aromatic heterocycles. The molecule has 0 N–H and O–H groups in total. The molecule has 0 amide bonds. The maximum Gasteiger partial charge on any atom is 0.388 e. The van der Waals surface area contributed by atoms with E-state index >= 15 is 0 Å². The van der Waals surface area contributed by atoms with E-state index in [4.69, 9.17) is 27.9 Å². The van der Waals surface area contributed by atoms with Gasteiger partial charge in [0, 0.05) is 13.1 Å². The molecule has 0 saturated carbocycles. The van der Waals surface area contributed by atoms with Crippen LogP contribution in [0.5, 0.6) is 5.88 Å². The van der Waals surface area contributed by atoms with Crippen LogP contribution in [-0.4, -0.2) is 26.9 Å². The Kier molecular flexibility index (Phi) is 6.91. The molecule has 3 rings (SSSR count). The molecule has 31 heavy (non-hydrogen) atoms. The predicted octanol–water partition coefficient (Wildman–Crippen LogP) is 4.04. The molecule has 164 valence electrons. The molecule has 0 saturated heterocycles. The lowest BCUT2D eigenvalue weighted by Gasteiger charge is -2.13. The Balaban J connectivity index is 1.98. The summed E-state index contributed by atoms with van der Waals surface area (Å²) in [6.07, 6.45) is 0. The lowest BCUT2D eigenvalue weighted by atomic mass is 10.2. The van der Waals surface area contributed by atoms with E-state index in [0.29, 0.717) is 16.2 Å². The zero-order valence-corrected chi connectivity index (χ0v) is 17.3. The first-order valence-corrected chi connectivity index (χ1v) is 9.40. The topological polar surface area (TPSA) is 75.4 Å². The predicted molar refractivity (Wildman–Crippen MR) is 106 cm³/mol. The Morgan fingerprint density at radius 1 is 1.23 bits per heavy atom. The summed E-state index contributed by atoms with van der Waals surface area (Å²) in [4.78, 5) is 24.9. The van der Waals surface area contributed by atoms with Gasteiger partial charge >= 0.3 is 12.6 Å². The van der Waals surface area contributed by atoms with Crippen molar-refractivity contribution in [3.8, 4) is 17.3 Å². The van der Waals surface area contributed by atoms with Crippen molar-refractivity contribution >= 4 is 29.2 Å². The number of alkyl halides is 2. The first kappa shape index (κ1) is 22.7. The van der Waals surface area contributed by atoms with E-state index in [2.05, 4.69) is 9.84 Å². The maximum absolute atomic E-state index is 14.8. The molecule has 0 radical (unpaired) electrons. The summed E-state index contributed by atoms with van der Waals surface area (Å²) in [5, 5.41) is 2.87. The van der Waals surface area contributed by atoms with Crippen molar-refractivity contribution < 1.29 is 27.4 Å². The van der Waals surface area contributed by atoms with Crippen LogP contribution in [0.25, 0.3) is 11.4 Å². The summed E-state index contributed by atoms with van der Waals surface area (Å²) in [5.41, 5.74) is -1.15. The van der Waals surface area contributed by atoms with Crippen LogP contribution in [0.1, 0.15) is 5.56 Å². The van der Waals surface area contributed by atoms with E-state index in [1.54, 1.807) is 30.3 Å². The van der Waals surface area contributed by atoms with Crippen LogP contribution in [0.4, 0.5) is 13.2 Å². The number of aromatic nitrogens is 3. The van der Waals surface area contributed by atoms with Crippen molar-refractivity contribution in [3.63, 3.8) is 0 Å². The molecule has 0 fully saturated rings. The van der Waals surface area contributed by atoms with Gasteiger partial charge < -0.3 is 9.47 Å². The molecular weight excluding hydrogens is 462 g/mol. The van der Waals surface area contributed by atoms with Crippen LogP contribution in [0.3, 0.4) is 0 Å². The van der Waals surface area contributed by atoms with Crippen molar-refractivity contribution in [3.05, 3.63) is 68.2 Å². The Morgan fingerprint density at radius 2 is 1.90 bits per heavy atom. The number of rotatable bonds is 7. The minimum absolute atomic E-state index is 0.0798. The van der Waals surface area contributed by atoms with Crippen LogP contribution in [-0.2, 0) is 29.7 Å². The van der Waals surface area contributed by atoms with Crippen molar-refractivity contribution in [2.75, 3.05) is 0 Å². The number of carbonyl (C=O) groups excluding carboxylic acids is 1. The highest BCUT2D eigenvalue weighted by molar-refractivity contribution is 6.34. The molecule has 0 aliphatic carbocycles. The minimum Gasteiger partial charge on any atom is -0.459 e. The van der Waals surface area contributed by atoms with Crippen LogP contribution in [0.15, 0.2) is 41.2 Å². The monoisotopic (exact) mass is 475 g/mol. The zero-order valence-electron chi connectivity index (χ0n) is 15.8. The number of halogens is 5. The molecule has 0 unspecified atom stereocenters. The second kappa shape index (κ2) is 9.44. The standard InChI is InChI=1S/C19H14Cl2F3N3O4/c1-26-18(31-19(23)24)14(21)15(25-26)16-12(22)7-11(20)17(29)27(16)8-13(28)30-9-10-5-3-2-4-6-10/h2-7,19H,8-9H2,1H3. The molecular formula is C19H14Cl2F3N3O4. The quantitative estimate of drug-likeness (QED) is 0.482. The summed E-state index contributed by atoms with van der Waals surface area (Å²) in [6.45, 7) is -4.02.